The van der Waals surface area contributed by atoms with E-state index in [0.29, 0.717) is 23.5 Å². The predicted molar refractivity (Wildman–Crippen MR) is 64.1 cm³/mol. The van der Waals surface area contributed by atoms with Crippen LogP contribution in [0.5, 0.6) is 5.75 Å². The Kier molecular flexibility index (Phi) is 3.27. The molecule has 0 fully saturated rings. The second kappa shape index (κ2) is 4.86. The summed E-state index contributed by atoms with van der Waals surface area (Å²) in [6.45, 7) is 1.98. The molecule has 0 radical (unpaired) electrons. The predicted octanol–water partition coefficient (Wildman–Crippen LogP) is 1.76. The fraction of sp³-hybridized carbons (Fsp3) is 0.333. The summed E-state index contributed by atoms with van der Waals surface area (Å²) in [5.74, 6) is 0.406. The maximum absolute atomic E-state index is 11.4. The SMILES string of the molecule is CCCC(=O)Nc1ccc2c(c1)NC(=O)CO2. The maximum Gasteiger partial charge on any atom is 0.262 e. The van der Waals surface area contributed by atoms with Gasteiger partial charge in [-0.1, -0.05) is 6.92 Å². The van der Waals surface area contributed by atoms with Crippen molar-refractivity contribution in [3.8, 4) is 5.75 Å². The van der Waals surface area contributed by atoms with Crippen molar-refractivity contribution in [2.75, 3.05) is 17.2 Å². The lowest BCUT2D eigenvalue weighted by Gasteiger charge is -2.18. The molecule has 5 heteroatoms. The van der Waals surface area contributed by atoms with Crippen molar-refractivity contribution < 1.29 is 14.3 Å². The summed E-state index contributed by atoms with van der Waals surface area (Å²) >= 11 is 0. The number of fused-ring (bicyclic) bond motifs is 1. The fourth-order valence-corrected chi connectivity index (χ4v) is 1.61. The Morgan fingerprint density at radius 2 is 2.35 bits per heavy atom. The largest absolute Gasteiger partial charge is 0.482 e. The van der Waals surface area contributed by atoms with E-state index in [9.17, 15) is 9.59 Å². The van der Waals surface area contributed by atoms with Crippen LogP contribution in [0.1, 0.15) is 19.8 Å². The van der Waals surface area contributed by atoms with Gasteiger partial charge in [-0.15, -0.1) is 0 Å². The standard InChI is InChI=1S/C12H14N2O3/c1-2-3-11(15)13-8-4-5-10-9(6-8)14-12(16)7-17-10/h4-6H,2-3,7H2,1H3,(H,13,15)(H,14,16). The van der Waals surface area contributed by atoms with Crippen LogP contribution < -0.4 is 15.4 Å². The van der Waals surface area contributed by atoms with E-state index in [1.165, 1.54) is 0 Å². The van der Waals surface area contributed by atoms with Crippen molar-refractivity contribution in [1.29, 1.82) is 0 Å². The molecular formula is C12H14N2O3. The molecule has 2 amide bonds. The van der Waals surface area contributed by atoms with Crippen LogP contribution in [0.3, 0.4) is 0 Å². The van der Waals surface area contributed by atoms with E-state index in [2.05, 4.69) is 10.6 Å². The van der Waals surface area contributed by atoms with Crippen molar-refractivity contribution in [3.63, 3.8) is 0 Å². The zero-order valence-corrected chi connectivity index (χ0v) is 9.58. The normalized spacial score (nSPS) is 13.4. The van der Waals surface area contributed by atoms with Gasteiger partial charge in [0.05, 0.1) is 5.69 Å². The number of hydrogen-bond donors (Lipinski definition) is 2. The zero-order valence-electron chi connectivity index (χ0n) is 9.58. The molecule has 1 aliphatic heterocycles. The quantitative estimate of drug-likeness (QED) is 0.837. The average molecular weight is 234 g/mol. The minimum Gasteiger partial charge on any atom is -0.482 e. The Balaban J connectivity index is 2.13. The first-order chi connectivity index (χ1) is 8.19. The van der Waals surface area contributed by atoms with Crippen LogP contribution in [0.2, 0.25) is 0 Å². The van der Waals surface area contributed by atoms with Gasteiger partial charge < -0.3 is 15.4 Å². The third-order valence-corrected chi connectivity index (χ3v) is 2.37. The van der Waals surface area contributed by atoms with Crippen LogP contribution in [0.25, 0.3) is 0 Å². The van der Waals surface area contributed by atoms with Gasteiger partial charge in [0, 0.05) is 12.1 Å². The van der Waals surface area contributed by atoms with Crippen molar-refractivity contribution in [3.05, 3.63) is 18.2 Å². The highest BCUT2D eigenvalue weighted by molar-refractivity contribution is 5.97. The number of carbonyl (C=O) groups excluding carboxylic acids is 2. The molecule has 2 rings (SSSR count). The molecule has 0 bridgehead atoms. The van der Waals surface area contributed by atoms with Gasteiger partial charge in [-0.3, -0.25) is 9.59 Å². The molecule has 0 atom stereocenters. The first-order valence-corrected chi connectivity index (χ1v) is 5.55. The van der Waals surface area contributed by atoms with E-state index in [4.69, 9.17) is 4.74 Å². The van der Waals surface area contributed by atoms with Gasteiger partial charge >= 0.3 is 0 Å². The summed E-state index contributed by atoms with van der Waals surface area (Å²) in [5.41, 5.74) is 1.25. The lowest BCUT2D eigenvalue weighted by molar-refractivity contribution is -0.118. The lowest BCUT2D eigenvalue weighted by atomic mass is 10.2. The second-order valence-electron chi connectivity index (χ2n) is 3.85. The van der Waals surface area contributed by atoms with Gasteiger partial charge in [0.2, 0.25) is 5.91 Å². The number of rotatable bonds is 3. The van der Waals surface area contributed by atoms with Crippen LogP contribution in [0.15, 0.2) is 18.2 Å². The van der Waals surface area contributed by atoms with Gasteiger partial charge in [-0.25, -0.2) is 0 Å². The molecule has 0 saturated heterocycles. The summed E-state index contributed by atoms with van der Waals surface area (Å²) in [7, 11) is 0. The Hall–Kier alpha value is -2.04. The van der Waals surface area contributed by atoms with Gasteiger partial charge in [-0.2, -0.15) is 0 Å². The molecule has 0 aliphatic carbocycles. The molecule has 1 heterocycles. The summed E-state index contributed by atoms with van der Waals surface area (Å²) in [5, 5.41) is 5.45. The number of hydrogen-bond acceptors (Lipinski definition) is 3. The Morgan fingerprint density at radius 1 is 1.53 bits per heavy atom. The molecule has 1 aromatic rings. The Morgan fingerprint density at radius 3 is 3.12 bits per heavy atom. The number of benzene rings is 1. The number of carbonyl (C=O) groups is 2. The van der Waals surface area contributed by atoms with E-state index in [1.807, 2.05) is 6.92 Å². The van der Waals surface area contributed by atoms with Gasteiger partial charge in [0.25, 0.3) is 5.91 Å². The molecular weight excluding hydrogens is 220 g/mol. The van der Waals surface area contributed by atoms with Gasteiger partial charge in [0.1, 0.15) is 5.75 Å². The summed E-state index contributed by atoms with van der Waals surface area (Å²) in [6.07, 6.45) is 1.29. The zero-order chi connectivity index (χ0) is 12.3. The molecule has 2 N–H and O–H groups in total. The van der Waals surface area contributed by atoms with Gasteiger partial charge in [0.15, 0.2) is 6.61 Å². The monoisotopic (exact) mass is 234 g/mol. The van der Waals surface area contributed by atoms with E-state index < -0.39 is 0 Å². The van der Waals surface area contributed by atoms with Gasteiger partial charge in [-0.05, 0) is 24.6 Å². The third kappa shape index (κ3) is 2.75. The molecule has 5 nitrogen and oxygen atoms in total. The van der Waals surface area contributed by atoms with Crippen LogP contribution in [0.4, 0.5) is 11.4 Å². The Bertz CT molecular complexity index is 457. The maximum atomic E-state index is 11.4. The number of ether oxygens (including phenoxy) is 1. The summed E-state index contributed by atoms with van der Waals surface area (Å²) in [4.78, 5) is 22.6. The minimum atomic E-state index is -0.186. The second-order valence-corrected chi connectivity index (χ2v) is 3.85. The molecule has 1 aliphatic rings. The minimum absolute atomic E-state index is 0.0319. The van der Waals surface area contributed by atoms with Crippen LogP contribution in [0, 0.1) is 0 Å². The highest BCUT2D eigenvalue weighted by atomic mass is 16.5. The summed E-state index contributed by atoms with van der Waals surface area (Å²) < 4.78 is 5.22. The van der Waals surface area contributed by atoms with Crippen LogP contribution in [-0.2, 0) is 9.59 Å². The number of anilines is 2. The van der Waals surface area contributed by atoms with Crippen LogP contribution in [-0.4, -0.2) is 18.4 Å². The molecule has 0 aromatic heterocycles. The number of nitrogens with one attached hydrogen (secondary N) is 2. The van der Waals surface area contributed by atoms with E-state index in [1.54, 1.807) is 18.2 Å². The van der Waals surface area contributed by atoms with Crippen molar-refractivity contribution in [2.45, 2.75) is 19.8 Å². The first-order valence-electron chi connectivity index (χ1n) is 5.55. The molecule has 90 valence electrons. The van der Waals surface area contributed by atoms with E-state index in [-0.39, 0.29) is 18.4 Å². The van der Waals surface area contributed by atoms with E-state index >= 15 is 0 Å². The number of amides is 2. The molecule has 0 saturated carbocycles. The lowest BCUT2D eigenvalue weighted by Crippen LogP contribution is -2.25. The third-order valence-electron chi connectivity index (χ3n) is 2.37. The highest BCUT2D eigenvalue weighted by Gasteiger charge is 2.16. The topological polar surface area (TPSA) is 67.4 Å². The summed E-state index contributed by atoms with van der Waals surface area (Å²) in [6, 6.07) is 5.18. The average Bonchev–Trinajstić information content (AvgIpc) is 2.28. The Labute approximate surface area is 99.2 Å². The van der Waals surface area contributed by atoms with E-state index in [0.717, 1.165) is 6.42 Å². The molecule has 1 aromatic carbocycles. The molecule has 0 spiro atoms. The van der Waals surface area contributed by atoms with Crippen molar-refractivity contribution >= 4 is 23.2 Å². The first kappa shape index (κ1) is 11.4. The van der Waals surface area contributed by atoms with Crippen molar-refractivity contribution in [1.82, 2.24) is 0 Å². The van der Waals surface area contributed by atoms with Crippen LogP contribution >= 0.6 is 0 Å². The van der Waals surface area contributed by atoms with Crippen molar-refractivity contribution in [2.24, 2.45) is 0 Å². The highest BCUT2D eigenvalue weighted by Crippen LogP contribution is 2.30. The molecule has 0 unspecified atom stereocenters. The fourth-order valence-electron chi connectivity index (χ4n) is 1.61. The smallest absolute Gasteiger partial charge is 0.262 e. The molecule has 17 heavy (non-hydrogen) atoms.